The largest absolute Gasteiger partial charge is 0.396 e. The molecule has 0 saturated carbocycles. The van der Waals surface area contributed by atoms with Gasteiger partial charge >= 0.3 is 0 Å². The standard InChI is InChI=1S/C7H14BrNO2/c1-2-6(3-4-10)9-7(11)5-8/h6,10H,2-5H2,1H3,(H,9,11). The van der Waals surface area contributed by atoms with Gasteiger partial charge in [0, 0.05) is 12.6 Å². The summed E-state index contributed by atoms with van der Waals surface area (Å²) in [5.74, 6) is -0.0229. The highest BCUT2D eigenvalue weighted by Crippen LogP contribution is 1.96. The molecule has 0 spiro atoms. The highest BCUT2D eigenvalue weighted by molar-refractivity contribution is 9.09. The minimum Gasteiger partial charge on any atom is -0.396 e. The van der Waals surface area contributed by atoms with Gasteiger partial charge in [-0.15, -0.1) is 0 Å². The molecule has 0 aliphatic carbocycles. The van der Waals surface area contributed by atoms with Crippen LogP contribution in [0.25, 0.3) is 0 Å². The van der Waals surface area contributed by atoms with Crippen molar-refractivity contribution >= 4 is 21.8 Å². The first-order chi connectivity index (χ1) is 5.24. The van der Waals surface area contributed by atoms with E-state index in [-0.39, 0.29) is 18.6 Å². The fraction of sp³-hybridized carbons (Fsp3) is 0.857. The zero-order valence-electron chi connectivity index (χ0n) is 6.64. The lowest BCUT2D eigenvalue weighted by Crippen LogP contribution is -2.35. The molecule has 0 bridgehead atoms. The number of hydrogen-bond donors (Lipinski definition) is 2. The van der Waals surface area contributed by atoms with Gasteiger partial charge in [-0.1, -0.05) is 22.9 Å². The molecular formula is C7H14BrNO2. The average molecular weight is 224 g/mol. The van der Waals surface area contributed by atoms with Gasteiger partial charge in [0.1, 0.15) is 0 Å². The van der Waals surface area contributed by atoms with Crippen LogP contribution in [0.4, 0.5) is 0 Å². The molecule has 66 valence electrons. The molecule has 0 fully saturated rings. The van der Waals surface area contributed by atoms with Crippen molar-refractivity contribution in [3.05, 3.63) is 0 Å². The van der Waals surface area contributed by atoms with E-state index in [4.69, 9.17) is 5.11 Å². The van der Waals surface area contributed by atoms with Crippen molar-refractivity contribution in [2.75, 3.05) is 11.9 Å². The summed E-state index contributed by atoms with van der Waals surface area (Å²) in [4.78, 5) is 10.8. The minimum atomic E-state index is -0.0229. The van der Waals surface area contributed by atoms with Gasteiger partial charge in [-0.3, -0.25) is 4.79 Å². The Hall–Kier alpha value is -0.0900. The van der Waals surface area contributed by atoms with E-state index >= 15 is 0 Å². The van der Waals surface area contributed by atoms with E-state index in [0.717, 1.165) is 6.42 Å². The Kier molecular flexibility index (Phi) is 6.56. The number of halogens is 1. The predicted octanol–water partition coefficient (Wildman–Crippen LogP) is 0.659. The van der Waals surface area contributed by atoms with E-state index in [9.17, 15) is 4.79 Å². The van der Waals surface area contributed by atoms with Gasteiger partial charge in [0.05, 0.1) is 5.33 Å². The Balaban J connectivity index is 3.58. The molecule has 0 aromatic heterocycles. The topological polar surface area (TPSA) is 49.3 Å². The van der Waals surface area contributed by atoms with Gasteiger partial charge < -0.3 is 10.4 Å². The number of aliphatic hydroxyl groups excluding tert-OH is 1. The quantitative estimate of drug-likeness (QED) is 0.674. The fourth-order valence-corrected chi connectivity index (χ4v) is 0.962. The third-order valence-electron chi connectivity index (χ3n) is 1.46. The van der Waals surface area contributed by atoms with Crippen molar-refractivity contribution in [1.82, 2.24) is 5.32 Å². The van der Waals surface area contributed by atoms with Crippen LogP contribution in [0.3, 0.4) is 0 Å². The van der Waals surface area contributed by atoms with Gasteiger partial charge in [-0.25, -0.2) is 0 Å². The molecule has 0 radical (unpaired) electrons. The molecule has 0 aliphatic rings. The Labute approximate surface area is 75.3 Å². The Morgan fingerprint density at radius 3 is 2.73 bits per heavy atom. The van der Waals surface area contributed by atoms with E-state index in [1.165, 1.54) is 0 Å². The summed E-state index contributed by atoms with van der Waals surface area (Å²) >= 11 is 3.05. The molecule has 1 amide bonds. The van der Waals surface area contributed by atoms with Crippen LogP contribution in [0.1, 0.15) is 19.8 Å². The Morgan fingerprint density at radius 1 is 1.73 bits per heavy atom. The summed E-state index contributed by atoms with van der Waals surface area (Å²) in [6, 6.07) is 0.116. The summed E-state index contributed by atoms with van der Waals surface area (Å²) in [5, 5.41) is 11.7. The molecule has 0 aromatic rings. The molecule has 1 atom stereocenters. The van der Waals surface area contributed by atoms with Crippen molar-refractivity contribution in [3.63, 3.8) is 0 Å². The zero-order valence-corrected chi connectivity index (χ0v) is 8.23. The van der Waals surface area contributed by atoms with Gasteiger partial charge in [0.2, 0.25) is 5.91 Å². The van der Waals surface area contributed by atoms with Crippen molar-refractivity contribution in [2.24, 2.45) is 0 Å². The van der Waals surface area contributed by atoms with Crippen LogP contribution in [0.2, 0.25) is 0 Å². The van der Waals surface area contributed by atoms with Crippen LogP contribution < -0.4 is 5.32 Å². The molecule has 0 saturated heterocycles. The van der Waals surface area contributed by atoms with Crippen LogP contribution in [-0.4, -0.2) is 29.0 Å². The van der Waals surface area contributed by atoms with Crippen LogP contribution in [0, 0.1) is 0 Å². The first-order valence-corrected chi connectivity index (χ1v) is 4.82. The zero-order chi connectivity index (χ0) is 8.69. The van der Waals surface area contributed by atoms with E-state index in [1.807, 2.05) is 6.92 Å². The van der Waals surface area contributed by atoms with E-state index in [1.54, 1.807) is 0 Å². The molecule has 1 unspecified atom stereocenters. The van der Waals surface area contributed by atoms with Crippen molar-refractivity contribution in [1.29, 1.82) is 0 Å². The van der Waals surface area contributed by atoms with Gasteiger partial charge in [-0.2, -0.15) is 0 Å². The number of rotatable bonds is 5. The highest BCUT2D eigenvalue weighted by Gasteiger charge is 2.07. The summed E-state index contributed by atoms with van der Waals surface area (Å²) in [6.45, 7) is 2.11. The van der Waals surface area contributed by atoms with Gasteiger partial charge in [0.25, 0.3) is 0 Å². The lowest BCUT2D eigenvalue weighted by Gasteiger charge is -2.14. The van der Waals surface area contributed by atoms with Crippen LogP contribution in [-0.2, 0) is 4.79 Å². The van der Waals surface area contributed by atoms with Crippen molar-refractivity contribution in [3.8, 4) is 0 Å². The fourth-order valence-electron chi connectivity index (χ4n) is 0.800. The Bertz CT molecular complexity index is 119. The predicted molar refractivity (Wildman–Crippen MR) is 47.7 cm³/mol. The lowest BCUT2D eigenvalue weighted by atomic mass is 10.1. The van der Waals surface area contributed by atoms with Crippen molar-refractivity contribution < 1.29 is 9.90 Å². The first-order valence-electron chi connectivity index (χ1n) is 3.70. The average Bonchev–Trinajstić information content (AvgIpc) is 2.03. The SMILES string of the molecule is CCC(CCO)NC(=O)CBr. The number of hydrogen-bond acceptors (Lipinski definition) is 2. The number of carbonyl (C=O) groups is 1. The van der Waals surface area contributed by atoms with Gasteiger partial charge in [-0.05, 0) is 12.8 Å². The molecule has 11 heavy (non-hydrogen) atoms. The third kappa shape index (κ3) is 5.21. The second-order valence-corrected chi connectivity index (χ2v) is 2.88. The summed E-state index contributed by atoms with van der Waals surface area (Å²) < 4.78 is 0. The molecular weight excluding hydrogens is 210 g/mol. The van der Waals surface area contributed by atoms with Crippen molar-refractivity contribution in [2.45, 2.75) is 25.8 Å². The van der Waals surface area contributed by atoms with Gasteiger partial charge in [0.15, 0.2) is 0 Å². The maximum Gasteiger partial charge on any atom is 0.230 e. The lowest BCUT2D eigenvalue weighted by molar-refractivity contribution is -0.119. The molecule has 2 N–H and O–H groups in total. The maximum absolute atomic E-state index is 10.8. The smallest absolute Gasteiger partial charge is 0.230 e. The van der Waals surface area contributed by atoms with E-state index in [0.29, 0.717) is 11.8 Å². The monoisotopic (exact) mass is 223 g/mol. The second kappa shape index (κ2) is 6.61. The van der Waals surface area contributed by atoms with E-state index < -0.39 is 0 Å². The first kappa shape index (κ1) is 10.9. The minimum absolute atomic E-state index is 0.0229. The Morgan fingerprint density at radius 2 is 2.36 bits per heavy atom. The second-order valence-electron chi connectivity index (χ2n) is 2.32. The maximum atomic E-state index is 10.8. The summed E-state index contributed by atoms with van der Waals surface area (Å²) in [6.07, 6.45) is 1.49. The van der Waals surface area contributed by atoms with E-state index in [2.05, 4.69) is 21.2 Å². The number of aliphatic hydroxyl groups is 1. The molecule has 0 heterocycles. The molecule has 3 nitrogen and oxygen atoms in total. The molecule has 0 aromatic carbocycles. The summed E-state index contributed by atoms with van der Waals surface area (Å²) in [7, 11) is 0. The third-order valence-corrected chi connectivity index (χ3v) is 1.97. The van der Waals surface area contributed by atoms with Crippen LogP contribution in [0.5, 0.6) is 0 Å². The molecule has 0 aliphatic heterocycles. The number of carbonyl (C=O) groups excluding carboxylic acids is 1. The molecule has 0 rings (SSSR count). The number of amides is 1. The molecule has 4 heteroatoms. The highest BCUT2D eigenvalue weighted by atomic mass is 79.9. The van der Waals surface area contributed by atoms with Crippen LogP contribution in [0.15, 0.2) is 0 Å². The summed E-state index contributed by atoms with van der Waals surface area (Å²) in [5.41, 5.74) is 0. The van der Waals surface area contributed by atoms with Crippen LogP contribution >= 0.6 is 15.9 Å². The normalized spacial score (nSPS) is 12.6. The number of nitrogens with one attached hydrogen (secondary N) is 1. The number of alkyl halides is 1.